The third kappa shape index (κ3) is 4.54. The van der Waals surface area contributed by atoms with Gasteiger partial charge in [0.15, 0.2) is 0 Å². The number of allylic oxidation sites excluding steroid dienone is 1. The van der Waals surface area contributed by atoms with Crippen LogP contribution in [0.3, 0.4) is 0 Å². The Morgan fingerprint density at radius 1 is 1.26 bits per heavy atom. The number of nitrogens with zero attached hydrogens (tertiary/aromatic N) is 2. The molecule has 3 rings (SSSR count). The Labute approximate surface area is 186 Å². The van der Waals surface area contributed by atoms with Crippen LogP contribution in [0.2, 0.25) is 0 Å². The van der Waals surface area contributed by atoms with E-state index in [1.165, 1.54) is 12.1 Å². The lowest BCUT2D eigenvalue weighted by Gasteiger charge is -2.43. The zero-order valence-corrected chi connectivity index (χ0v) is 19.3. The molecular formula is C23H27FN2O4S. The van der Waals surface area contributed by atoms with E-state index in [0.717, 1.165) is 34.7 Å². The number of fused-ring (bicyclic) bond motifs is 1. The minimum Gasteiger partial charge on any atom is -0.465 e. The molecule has 0 aliphatic carbocycles. The highest BCUT2D eigenvalue weighted by Crippen LogP contribution is 2.41. The highest BCUT2D eigenvalue weighted by molar-refractivity contribution is 8.18. The van der Waals surface area contributed by atoms with E-state index in [-0.39, 0.29) is 22.6 Å². The maximum atomic E-state index is 15.1. The topological polar surface area (TPSA) is 66.9 Å². The summed E-state index contributed by atoms with van der Waals surface area (Å²) in [6, 6.07) is 3.21. The number of rotatable bonds is 6. The van der Waals surface area contributed by atoms with Crippen molar-refractivity contribution >= 4 is 46.2 Å². The van der Waals surface area contributed by atoms with Gasteiger partial charge in [0.25, 0.3) is 11.1 Å². The molecule has 0 N–H and O–H groups in total. The first-order chi connectivity index (χ1) is 14.6. The van der Waals surface area contributed by atoms with E-state index in [4.69, 9.17) is 4.74 Å². The van der Waals surface area contributed by atoms with Crippen molar-refractivity contribution in [3.8, 4) is 0 Å². The van der Waals surface area contributed by atoms with Crippen molar-refractivity contribution in [2.75, 3.05) is 24.6 Å². The number of amides is 2. The lowest BCUT2D eigenvalue weighted by molar-refractivity contribution is -0.145. The van der Waals surface area contributed by atoms with Gasteiger partial charge < -0.3 is 9.64 Å². The van der Waals surface area contributed by atoms with Gasteiger partial charge in [-0.1, -0.05) is 13.0 Å². The summed E-state index contributed by atoms with van der Waals surface area (Å²) in [5.41, 5.74) is 2.72. The predicted molar refractivity (Wildman–Crippen MR) is 121 cm³/mol. The number of halogens is 1. The maximum Gasteiger partial charge on any atom is 0.326 e. The highest BCUT2D eigenvalue weighted by atomic mass is 32.2. The second-order valence-corrected chi connectivity index (χ2v) is 9.09. The molecule has 2 aliphatic rings. The number of hydrogen-bond donors (Lipinski definition) is 0. The number of hydrogen-bond acceptors (Lipinski definition) is 6. The molecule has 0 unspecified atom stereocenters. The number of ether oxygens (including phenoxy) is 1. The van der Waals surface area contributed by atoms with E-state index in [1.807, 2.05) is 6.92 Å². The van der Waals surface area contributed by atoms with Gasteiger partial charge in [-0.3, -0.25) is 19.3 Å². The summed E-state index contributed by atoms with van der Waals surface area (Å²) in [6.07, 6.45) is 4.45. The first-order valence-electron chi connectivity index (χ1n) is 10.3. The summed E-state index contributed by atoms with van der Waals surface area (Å²) >= 11 is 0.691. The standard InChI is InChI=1S/C23H27FN2O4S/c1-6-8-26-18-11-17(24)15(9-16(18)14(3)12-23(26,4)5)10-19-21(28)25(22(29)31-19)13-20(27)30-7-2/h9-12H,6-8,13H2,1-5H3/b19-10-. The number of carbonyl (C=O) groups excluding carboxylic acids is 3. The van der Waals surface area contributed by atoms with Crippen molar-refractivity contribution in [3.05, 3.63) is 40.1 Å². The van der Waals surface area contributed by atoms with E-state index in [0.29, 0.717) is 11.8 Å². The summed E-state index contributed by atoms with van der Waals surface area (Å²) in [6.45, 7) is 10.4. The molecule has 2 aliphatic heterocycles. The summed E-state index contributed by atoms with van der Waals surface area (Å²) in [7, 11) is 0. The van der Waals surface area contributed by atoms with Gasteiger partial charge in [-0.15, -0.1) is 0 Å². The number of imide groups is 1. The first-order valence-corrected chi connectivity index (χ1v) is 11.1. The van der Waals surface area contributed by atoms with E-state index in [1.54, 1.807) is 13.0 Å². The van der Waals surface area contributed by atoms with E-state index in [2.05, 4.69) is 31.7 Å². The van der Waals surface area contributed by atoms with Crippen LogP contribution in [-0.4, -0.2) is 47.3 Å². The van der Waals surface area contributed by atoms with Gasteiger partial charge in [-0.25, -0.2) is 4.39 Å². The zero-order chi connectivity index (χ0) is 22.9. The summed E-state index contributed by atoms with van der Waals surface area (Å²) in [4.78, 5) is 39.6. The summed E-state index contributed by atoms with van der Waals surface area (Å²) in [5, 5.41) is -0.574. The average molecular weight is 447 g/mol. The van der Waals surface area contributed by atoms with Crippen molar-refractivity contribution < 1.29 is 23.5 Å². The molecular weight excluding hydrogens is 419 g/mol. The number of carbonyl (C=O) groups is 3. The average Bonchev–Trinajstić information content (AvgIpc) is 2.93. The van der Waals surface area contributed by atoms with E-state index < -0.39 is 29.5 Å². The third-order valence-electron chi connectivity index (χ3n) is 5.30. The fourth-order valence-electron chi connectivity index (χ4n) is 3.97. The van der Waals surface area contributed by atoms with Crippen LogP contribution in [0.15, 0.2) is 23.1 Å². The number of esters is 1. The molecule has 0 atom stereocenters. The minimum atomic E-state index is -0.662. The molecule has 6 nitrogen and oxygen atoms in total. The fraction of sp³-hybridized carbons (Fsp3) is 0.435. The molecule has 0 radical (unpaired) electrons. The Kier molecular flexibility index (Phi) is 6.59. The van der Waals surface area contributed by atoms with Crippen molar-refractivity contribution in [2.45, 2.75) is 46.6 Å². The van der Waals surface area contributed by atoms with Crippen LogP contribution >= 0.6 is 11.8 Å². The van der Waals surface area contributed by atoms with Gasteiger partial charge in [-0.2, -0.15) is 0 Å². The van der Waals surface area contributed by atoms with Crippen molar-refractivity contribution in [1.29, 1.82) is 0 Å². The first kappa shape index (κ1) is 23.1. The van der Waals surface area contributed by atoms with Crippen LogP contribution in [0.4, 0.5) is 14.9 Å². The number of benzene rings is 1. The normalized spacial score (nSPS) is 19.0. The molecule has 1 aromatic rings. The van der Waals surface area contributed by atoms with Crippen LogP contribution in [-0.2, 0) is 14.3 Å². The van der Waals surface area contributed by atoms with Gasteiger partial charge in [0.05, 0.1) is 17.1 Å². The van der Waals surface area contributed by atoms with E-state index in [9.17, 15) is 14.4 Å². The summed E-state index contributed by atoms with van der Waals surface area (Å²) < 4.78 is 19.9. The van der Waals surface area contributed by atoms with Gasteiger partial charge in [0, 0.05) is 23.4 Å². The Hall–Kier alpha value is -2.61. The molecule has 0 spiro atoms. The maximum absolute atomic E-state index is 15.1. The van der Waals surface area contributed by atoms with Gasteiger partial charge in [-0.05, 0) is 69.7 Å². The van der Waals surface area contributed by atoms with Gasteiger partial charge >= 0.3 is 5.97 Å². The molecule has 0 bridgehead atoms. The van der Waals surface area contributed by atoms with Crippen LogP contribution in [0, 0.1) is 5.82 Å². The van der Waals surface area contributed by atoms with Crippen LogP contribution in [0.25, 0.3) is 11.6 Å². The monoisotopic (exact) mass is 446 g/mol. The Balaban J connectivity index is 1.96. The summed E-state index contributed by atoms with van der Waals surface area (Å²) in [5.74, 6) is -1.76. The molecule has 1 aromatic carbocycles. The quantitative estimate of drug-likeness (QED) is 0.460. The second-order valence-electron chi connectivity index (χ2n) is 8.10. The molecule has 1 saturated heterocycles. The van der Waals surface area contributed by atoms with E-state index >= 15 is 4.39 Å². The van der Waals surface area contributed by atoms with Gasteiger partial charge in [0.2, 0.25) is 0 Å². The Morgan fingerprint density at radius 2 is 1.97 bits per heavy atom. The fourth-order valence-corrected chi connectivity index (χ4v) is 4.80. The largest absolute Gasteiger partial charge is 0.465 e. The van der Waals surface area contributed by atoms with Crippen molar-refractivity contribution in [2.24, 2.45) is 0 Å². The molecule has 2 amide bonds. The van der Waals surface area contributed by atoms with Crippen LogP contribution in [0.1, 0.15) is 52.2 Å². The Morgan fingerprint density at radius 3 is 2.61 bits per heavy atom. The molecule has 8 heteroatoms. The Bertz CT molecular complexity index is 1000. The SMILES string of the molecule is CCCN1c2cc(F)c(/C=C3\SC(=O)N(CC(=O)OCC)C3=O)cc2C(C)=CC1(C)C. The van der Waals surface area contributed by atoms with Gasteiger partial charge in [0.1, 0.15) is 12.4 Å². The number of anilines is 1. The number of thioether (sulfide) groups is 1. The lowest BCUT2D eigenvalue weighted by Crippen LogP contribution is -2.45. The third-order valence-corrected chi connectivity index (χ3v) is 6.20. The predicted octanol–water partition coefficient (Wildman–Crippen LogP) is 4.84. The molecule has 166 valence electrons. The molecule has 0 aromatic heterocycles. The molecule has 1 fully saturated rings. The molecule has 31 heavy (non-hydrogen) atoms. The highest BCUT2D eigenvalue weighted by Gasteiger charge is 2.37. The van der Waals surface area contributed by atoms with Crippen LogP contribution in [0.5, 0.6) is 0 Å². The minimum absolute atomic E-state index is 0.0799. The molecule has 2 heterocycles. The zero-order valence-electron chi connectivity index (χ0n) is 18.5. The van der Waals surface area contributed by atoms with Crippen LogP contribution < -0.4 is 4.90 Å². The molecule has 0 saturated carbocycles. The second kappa shape index (κ2) is 8.86. The van der Waals surface area contributed by atoms with Crippen molar-refractivity contribution in [3.63, 3.8) is 0 Å². The lowest BCUT2D eigenvalue weighted by atomic mass is 9.87. The smallest absolute Gasteiger partial charge is 0.326 e. The van der Waals surface area contributed by atoms with Crippen molar-refractivity contribution in [1.82, 2.24) is 4.90 Å².